The van der Waals surface area contributed by atoms with Gasteiger partial charge in [-0.2, -0.15) is 5.26 Å². The summed E-state index contributed by atoms with van der Waals surface area (Å²) in [4.78, 5) is 6.94. The zero-order valence-corrected chi connectivity index (χ0v) is 17.2. The number of pyridine rings is 1. The van der Waals surface area contributed by atoms with E-state index in [4.69, 9.17) is 15.2 Å². The van der Waals surface area contributed by atoms with Crippen LogP contribution < -0.4 is 15.2 Å². The van der Waals surface area contributed by atoms with Crippen LogP contribution in [0.1, 0.15) is 22.4 Å². The Morgan fingerprint density at radius 1 is 1.13 bits per heavy atom. The first-order chi connectivity index (χ1) is 14.6. The number of nitrogens with two attached hydrogens (primary N) is 1. The lowest BCUT2D eigenvalue weighted by Crippen LogP contribution is -2.31. The molecule has 6 heteroatoms. The summed E-state index contributed by atoms with van der Waals surface area (Å²) in [6.45, 7) is 2.42. The van der Waals surface area contributed by atoms with E-state index >= 15 is 0 Å². The third kappa shape index (κ3) is 3.68. The summed E-state index contributed by atoms with van der Waals surface area (Å²) in [6, 6.07) is 18.3. The number of anilines is 1. The monoisotopic (exact) mass is 400 g/mol. The van der Waals surface area contributed by atoms with Crippen LogP contribution in [0.15, 0.2) is 48.5 Å². The van der Waals surface area contributed by atoms with Crippen LogP contribution in [0.25, 0.3) is 11.1 Å². The molecule has 0 radical (unpaired) electrons. The van der Waals surface area contributed by atoms with Crippen molar-refractivity contribution in [2.75, 3.05) is 26.5 Å². The van der Waals surface area contributed by atoms with Crippen molar-refractivity contribution in [2.45, 2.75) is 19.5 Å². The van der Waals surface area contributed by atoms with Crippen molar-refractivity contribution in [3.8, 4) is 28.7 Å². The van der Waals surface area contributed by atoms with E-state index < -0.39 is 0 Å². The largest absolute Gasteiger partial charge is 0.497 e. The molecule has 0 saturated heterocycles. The molecular formula is C24H24N4O2. The third-order valence-electron chi connectivity index (χ3n) is 5.50. The van der Waals surface area contributed by atoms with Crippen LogP contribution in [0.3, 0.4) is 0 Å². The van der Waals surface area contributed by atoms with Gasteiger partial charge >= 0.3 is 0 Å². The second-order valence-electron chi connectivity index (χ2n) is 7.30. The van der Waals surface area contributed by atoms with Crippen LogP contribution in [0.4, 0.5) is 5.82 Å². The molecule has 2 N–H and O–H groups in total. The highest BCUT2D eigenvalue weighted by Gasteiger charge is 2.27. The Balaban J connectivity index is 1.82. The maximum atomic E-state index is 9.88. The Kier molecular flexibility index (Phi) is 5.55. The van der Waals surface area contributed by atoms with Gasteiger partial charge in [-0.05, 0) is 23.3 Å². The van der Waals surface area contributed by atoms with E-state index in [1.807, 2.05) is 24.3 Å². The number of benzene rings is 2. The van der Waals surface area contributed by atoms with Gasteiger partial charge < -0.3 is 15.2 Å². The summed E-state index contributed by atoms with van der Waals surface area (Å²) in [7, 11) is 3.23. The Bertz CT molecular complexity index is 1110. The van der Waals surface area contributed by atoms with Crippen molar-refractivity contribution in [1.29, 1.82) is 5.26 Å². The van der Waals surface area contributed by atoms with Crippen LogP contribution in [-0.4, -0.2) is 30.6 Å². The van der Waals surface area contributed by atoms with Crippen LogP contribution >= 0.6 is 0 Å². The lowest BCUT2D eigenvalue weighted by Gasteiger charge is -2.31. The number of nitrogens with zero attached hydrogens (tertiary/aromatic N) is 3. The molecule has 0 unspecified atom stereocenters. The van der Waals surface area contributed by atoms with Gasteiger partial charge in [0.1, 0.15) is 28.9 Å². The molecule has 1 aliphatic heterocycles. The average molecular weight is 400 g/mol. The number of aromatic nitrogens is 1. The van der Waals surface area contributed by atoms with Crippen molar-refractivity contribution in [3.05, 3.63) is 70.9 Å². The first kappa shape index (κ1) is 19.7. The second-order valence-corrected chi connectivity index (χ2v) is 7.30. The maximum Gasteiger partial charge on any atom is 0.142 e. The number of nitrogen functional groups attached to an aromatic ring is 1. The summed E-state index contributed by atoms with van der Waals surface area (Å²) in [5.74, 6) is 1.59. The number of nitriles is 1. The van der Waals surface area contributed by atoms with Crippen LogP contribution in [0.2, 0.25) is 0 Å². The topological polar surface area (TPSA) is 84.4 Å². The summed E-state index contributed by atoms with van der Waals surface area (Å²) < 4.78 is 11.0. The molecule has 0 atom stereocenters. The number of hydrogen-bond acceptors (Lipinski definition) is 6. The number of fused-ring (bicyclic) bond motifs is 1. The quantitative estimate of drug-likeness (QED) is 0.702. The van der Waals surface area contributed by atoms with Crippen molar-refractivity contribution in [1.82, 2.24) is 9.88 Å². The molecule has 3 aromatic rings. The van der Waals surface area contributed by atoms with Crippen molar-refractivity contribution in [3.63, 3.8) is 0 Å². The van der Waals surface area contributed by atoms with Gasteiger partial charge in [-0.1, -0.05) is 30.3 Å². The molecule has 6 nitrogen and oxygen atoms in total. The highest BCUT2D eigenvalue weighted by atomic mass is 16.5. The number of rotatable bonds is 5. The number of hydrogen-bond donors (Lipinski definition) is 1. The van der Waals surface area contributed by atoms with Gasteiger partial charge in [0.25, 0.3) is 0 Å². The molecule has 0 saturated carbocycles. The average Bonchev–Trinajstić information content (AvgIpc) is 2.78. The molecular weight excluding hydrogens is 376 g/mol. The predicted molar refractivity (Wildman–Crippen MR) is 116 cm³/mol. The highest BCUT2D eigenvalue weighted by molar-refractivity contribution is 5.83. The van der Waals surface area contributed by atoms with Crippen LogP contribution in [0, 0.1) is 11.3 Å². The zero-order valence-electron chi connectivity index (χ0n) is 17.2. The molecule has 0 spiro atoms. The van der Waals surface area contributed by atoms with E-state index in [0.29, 0.717) is 23.6 Å². The summed E-state index contributed by atoms with van der Waals surface area (Å²) in [5.41, 5.74) is 11.4. The number of ether oxygens (including phenoxy) is 2. The predicted octanol–water partition coefficient (Wildman–Crippen LogP) is 3.78. The van der Waals surface area contributed by atoms with Crippen molar-refractivity contribution < 1.29 is 9.47 Å². The molecule has 0 amide bonds. The van der Waals surface area contributed by atoms with Gasteiger partial charge in [0.2, 0.25) is 0 Å². The van der Waals surface area contributed by atoms with Crippen molar-refractivity contribution >= 4 is 5.82 Å². The Morgan fingerprint density at radius 2 is 1.93 bits per heavy atom. The molecule has 2 aromatic carbocycles. The lowest BCUT2D eigenvalue weighted by molar-refractivity contribution is 0.244. The minimum atomic E-state index is 0.264. The summed E-state index contributed by atoms with van der Waals surface area (Å²) in [6.07, 6.45) is 0.781. The van der Waals surface area contributed by atoms with Crippen molar-refractivity contribution in [2.24, 2.45) is 0 Å². The highest BCUT2D eigenvalue weighted by Crippen LogP contribution is 2.41. The van der Waals surface area contributed by atoms with E-state index in [-0.39, 0.29) is 5.82 Å². The first-order valence-electron chi connectivity index (χ1n) is 9.84. The van der Waals surface area contributed by atoms with Gasteiger partial charge in [-0.25, -0.2) is 4.98 Å². The molecule has 152 valence electrons. The van der Waals surface area contributed by atoms with E-state index in [0.717, 1.165) is 41.9 Å². The van der Waals surface area contributed by atoms with Gasteiger partial charge in [-0.3, -0.25) is 4.90 Å². The molecule has 1 aromatic heterocycles. The standard InChI is InChI=1S/C24H24N4O2/c1-29-17-8-9-18(22(12-17)30-2)23-19(13-25)24(26)27-21-10-11-28(15-20(21)23)14-16-6-4-3-5-7-16/h3-9,12H,10-11,14-15H2,1-2H3,(H2,26,27). The zero-order chi connectivity index (χ0) is 21.1. The Labute approximate surface area is 176 Å². The molecule has 2 heterocycles. The first-order valence-corrected chi connectivity index (χ1v) is 9.84. The SMILES string of the molecule is COc1ccc(-c2c(C#N)c(N)nc3c2CN(Cc2ccccc2)CC3)c(OC)c1. The Morgan fingerprint density at radius 3 is 2.63 bits per heavy atom. The maximum absolute atomic E-state index is 9.88. The van der Waals surface area contributed by atoms with E-state index in [1.165, 1.54) is 5.56 Å². The van der Waals surface area contributed by atoms with E-state index in [9.17, 15) is 5.26 Å². The number of methoxy groups -OCH3 is 2. The Hall–Kier alpha value is -3.56. The fourth-order valence-corrected chi connectivity index (χ4v) is 4.03. The van der Waals surface area contributed by atoms with Crippen LogP contribution in [0.5, 0.6) is 11.5 Å². The minimum Gasteiger partial charge on any atom is -0.497 e. The summed E-state index contributed by atoms with van der Waals surface area (Å²) in [5, 5.41) is 9.88. The molecule has 0 fully saturated rings. The van der Waals surface area contributed by atoms with Gasteiger partial charge in [0, 0.05) is 48.9 Å². The molecule has 0 bridgehead atoms. The van der Waals surface area contributed by atoms with Gasteiger partial charge in [-0.15, -0.1) is 0 Å². The molecule has 1 aliphatic rings. The fraction of sp³-hybridized carbons (Fsp3) is 0.250. The second kappa shape index (κ2) is 8.44. The fourth-order valence-electron chi connectivity index (χ4n) is 4.03. The van der Waals surface area contributed by atoms with E-state index in [2.05, 4.69) is 40.2 Å². The molecule has 0 aliphatic carbocycles. The lowest BCUT2D eigenvalue weighted by atomic mass is 9.90. The van der Waals surface area contributed by atoms with Crippen LogP contribution in [-0.2, 0) is 19.5 Å². The molecule has 30 heavy (non-hydrogen) atoms. The van der Waals surface area contributed by atoms with E-state index in [1.54, 1.807) is 14.2 Å². The normalized spacial score (nSPS) is 13.4. The van der Waals surface area contributed by atoms with Gasteiger partial charge in [0.05, 0.1) is 14.2 Å². The summed E-state index contributed by atoms with van der Waals surface area (Å²) >= 11 is 0. The molecule has 4 rings (SSSR count). The minimum absolute atomic E-state index is 0.264. The third-order valence-corrected chi connectivity index (χ3v) is 5.50. The smallest absolute Gasteiger partial charge is 0.142 e. The van der Waals surface area contributed by atoms with Gasteiger partial charge in [0.15, 0.2) is 0 Å².